The molecule has 0 amide bonds. The highest BCUT2D eigenvalue weighted by atomic mass is 16.5. The molecular formula is C12H22NO3+. The summed E-state index contributed by atoms with van der Waals surface area (Å²) in [7, 11) is 0. The Hall–Kier alpha value is -1.06. The average Bonchev–Trinajstić information content (AvgIpc) is 2.30. The van der Waals surface area contributed by atoms with Crippen molar-refractivity contribution in [1.82, 2.24) is 0 Å². The van der Waals surface area contributed by atoms with Crippen LogP contribution in [-0.4, -0.2) is 42.2 Å². The molecular weight excluding hydrogens is 206 g/mol. The van der Waals surface area contributed by atoms with Crippen LogP contribution in [0.4, 0.5) is 0 Å². The van der Waals surface area contributed by atoms with Crippen LogP contribution in [0.1, 0.15) is 40.0 Å². The van der Waals surface area contributed by atoms with Gasteiger partial charge in [-0.3, -0.25) is 0 Å². The third-order valence-corrected chi connectivity index (χ3v) is 2.82. The second-order valence-corrected chi connectivity index (χ2v) is 3.91. The van der Waals surface area contributed by atoms with Crippen LogP contribution in [0.3, 0.4) is 0 Å². The molecule has 0 aromatic carbocycles. The molecule has 16 heavy (non-hydrogen) atoms. The summed E-state index contributed by atoms with van der Waals surface area (Å²) in [5, 5.41) is 0. The smallest absolute Gasteiger partial charge is 0.375 e. The summed E-state index contributed by atoms with van der Waals surface area (Å²) >= 11 is 0. The molecule has 92 valence electrons. The van der Waals surface area contributed by atoms with Crippen LogP contribution in [0, 0.1) is 0 Å². The first kappa shape index (κ1) is 13.0. The Labute approximate surface area is 97.2 Å². The number of hydrogen-bond acceptors (Lipinski definition) is 3. The molecule has 0 N–H and O–H groups in total. The number of rotatable bonds is 3. The van der Waals surface area contributed by atoms with E-state index in [0.29, 0.717) is 13.2 Å². The Kier molecular flexibility index (Phi) is 5.29. The van der Waals surface area contributed by atoms with Crippen LogP contribution in [0.15, 0.2) is 0 Å². The van der Waals surface area contributed by atoms with Crippen LogP contribution >= 0.6 is 0 Å². The van der Waals surface area contributed by atoms with E-state index in [-0.39, 0.29) is 12.0 Å². The lowest BCUT2D eigenvalue weighted by atomic mass is 10.0. The van der Waals surface area contributed by atoms with Crippen LogP contribution in [0.25, 0.3) is 0 Å². The molecule has 0 aromatic heterocycles. The molecule has 0 aromatic rings. The number of ether oxygens (including phenoxy) is 2. The van der Waals surface area contributed by atoms with Gasteiger partial charge in [-0.2, -0.15) is 4.58 Å². The summed E-state index contributed by atoms with van der Waals surface area (Å²) in [6.45, 7) is 7.67. The van der Waals surface area contributed by atoms with Gasteiger partial charge in [0.2, 0.25) is 0 Å². The molecule has 1 aliphatic rings. The lowest BCUT2D eigenvalue weighted by molar-refractivity contribution is -0.572. The molecule has 0 spiro atoms. The minimum atomic E-state index is -0.153. The van der Waals surface area contributed by atoms with Gasteiger partial charge in [-0.15, -0.1) is 0 Å². The molecule has 1 saturated heterocycles. The Morgan fingerprint density at radius 2 is 1.94 bits per heavy atom. The summed E-state index contributed by atoms with van der Waals surface area (Å²) in [6.07, 6.45) is 3.06. The van der Waals surface area contributed by atoms with Gasteiger partial charge in [-0.25, -0.2) is 4.79 Å². The van der Waals surface area contributed by atoms with Crippen LogP contribution in [-0.2, 0) is 14.3 Å². The van der Waals surface area contributed by atoms with Crippen molar-refractivity contribution in [3.05, 3.63) is 0 Å². The predicted octanol–water partition coefficient (Wildman–Crippen LogP) is 1.57. The van der Waals surface area contributed by atoms with Gasteiger partial charge < -0.3 is 9.47 Å². The molecule has 4 heteroatoms. The normalized spacial score (nSPS) is 23.8. The van der Waals surface area contributed by atoms with Crippen molar-refractivity contribution in [3.8, 4) is 0 Å². The number of nitrogens with zero attached hydrogens (tertiary/aromatic N) is 1. The fourth-order valence-corrected chi connectivity index (χ4v) is 2.08. The number of esters is 1. The van der Waals surface area contributed by atoms with E-state index in [0.717, 1.165) is 31.7 Å². The molecule has 1 aliphatic heterocycles. The third kappa shape index (κ3) is 3.22. The van der Waals surface area contributed by atoms with E-state index in [1.54, 1.807) is 0 Å². The summed E-state index contributed by atoms with van der Waals surface area (Å²) < 4.78 is 12.6. The minimum absolute atomic E-state index is 0.124. The molecule has 1 rings (SSSR count). The molecule has 1 heterocycles. The zero-order chi connectivity index (χ0) is 12.0. The fraction of sp³-hybridized carbons (Fsp3) is 0.833. The standard InChI is InChI=1S/C12H22NO3/c1-4-15-10(3)13-9-7-6-8-11(13)12(14)16-5-2/h11H,4-9H2,1-3H3/q+1. The van der Waals surface area contributed by atoms with Crippen molar-refractivity contribution < 1.29 is 18.8 Å². The molecule has 1 unspecified atom stereocenters. The van der Waals surface area contributed by atoms with Gasteiger partial charge in [0.05, 0.1) is 20.1 Å². The highest BCUT2D eigenvalue weighted by molar-refractivity contribution is 5.76. The summed E-state index contributed by atoms with van der Waals surface area (Å²) in [6, 6.07) is -0.153. The maximum Gasteiger partial charge on any atom is 0.375 e. The number of hydrogen-bond donors (Lipinski definition) is 0. The van der Waals surface area contributed by atoms with E-state index in [1.807, 2.05) is 25.3 Å². The van der Waals surface area contributed by atoms with Crippen LogP contribution in [0.2, 0.25) is 0 Å². The van der Waals surface area contributed by atoms with Crippen molar-refractivity contribution in [1.29, 1.82) is 0 Å². The van der Waals surface area contributed by atoms with Gasteiger partial charge in [0.15, 0.2) is 0 Å². The van der Waals surface area contributed by atoms with E-state index >= 15 is 0 Å². The van der Waals surface area contributed by atoms with Crippen molar-refractivity contribution >= 4 is 11.9 Å². The quantitative estimate of drug-likeness (QED) is 0.418. The van der Waals surface area contributed by atoms with Crippen molar-refractivity contribution in [2.45, 2.75) is 46.1 Å². The van der Waals surface area contributed by atoms with Crippen LogP contribution in [0.5, 0.6) is 0 Å². The highest BCUT2D eigenvalue weighted by Crippen LogP contribution is 2.15. The van der Waals surface area contributed by atoms with E-state index in [1.165, 1.54) is 0 Å². The number of carbonyl (C=O) groups excluding carboxylic acids is 1. The van der Waals surface area contributed by atoms with Crippen molar-refractivity contribution in [2.24, 2.45) is 0 Å². The maximum absolute atomic E-state index is 11.8. The molecule has 1 fully saturated rings. The van der Waals surface area contributed by atoms with Crippen molar-refractivity contribution in [2.75, 3.05) is 19.8 Å². The lowest BCUT2D eigenvalue weighted by Crippen LogP contribution is -2.42. The van der Waals surface area contributed by atoms with E-state index < -0.39 is 0 Å². The second kappa shape index (κ2) is 6.51. The number of piperidine rings is 1. The Bertz CT molecular complexity index is 273. The Morgan fingerprint density at radius 3 is 2.56 bits per heavy atom. The summed E-state index contributed by atoms with van der Waals surface area (Å²) in [5.41, 5.74) is 0. The first-order valence-electron chi connectivity index (χ1n) is 6.10. The second-order valence-electron chi connectivity index (χ2n) is 3.91. The van der Waals surface area contributed by atoms with Gasteiger partial charge in [0, 0.05) is 12.8 Å². The van der Waals surface area contributed by atoms with E-state index in [9.17, 15) is 4.79 Å². The lowest BCUT2D eigenvalue weighted by Gasteiger charge is -2.20. The minimum Gasteiger partial charge on any atom is -0.461 e. The molecule has 1 atom stereocenters. The molecule has 4 nitrogen and oxygen atoms in total. The maximum atomic E-state index is 11.8. The fourth-order valence-electron chi connectivity index (χ4n) is 2.08. The Balaban J connectivity index is 2.78. The van der Waals surface area contributed by atoms with Crippen LogP contribution < -0.4 is 0 Å². The van der Waals surface area contributed by atoms with Gasteiger partial charge >= 0.3 is 11.9 Å². The van der Waals surface area contributed by atoms with E-state index in [4.69, 9.17) is 9.47 Å². The molecule has 0 aliphatic carbocycles. The topological polar surface area (TPSA) is 38.5 Å². The Morgan fingerprint density at radius 1 is 1.25 bits per heavy atom. The highest BCUT2D eigenvalue weighted by Gasteiger charge is 2.35. The van der Waals surface area contributed by atoms with Gasteiger partial charge in [-0.1, -0.05) is 0 Å². The third-order valence-electron chi connectivity index (χ3n) is 2.82. The van der Waals surface area contributed by atoms with E-state index in [2.05, 4.69) is 0 Å². The van der Waals surface area contributed by atoms with Gasteiger partial charge in [-0.05, 0) is 20.3 Å². The van der Waals surface area contributed by atoms with Crippen molar-refractivity contribution in [3.63, 3.8) is 0 Å². The van der Waals surface area contributed by atoms with Gasteiger partial charge in [0.1, 0.15) is 6.54 Å². The zero-order valence-electron chi connectivity index (χ0n) is 10.5. The zero-order valence-corrected chi connectivity index (χ0v) is 10.5. The SMILES string of the molecule is CCOC(=O)C1CCCC[N+]1=C(C)OCC. The largest absolute Gasteiger partial charge is 0.461 e. The van der Waals surface area contributed by atoms with Gasteiger partial charge in [0.25, 0.3) is 6.04 Å². The predicted molar refractivity (Wildman–Crippen MR) is 61.7 cm³/mol. The molecule has 0 saturated carbocycles. The summed E-state index contributed by atoms with van der Waals surface area (Å²) in [5.74, 6) is 0.710. The monoisotopic (exact) mass is 228 g/mol. The first-order valence-corrected chi connectivity index (χ1v) is 6.10. The first-order chi connectivity index (χ1) is 7.70. The number of carbonyl (C=O) groups is 1. The molecule has 0 radical (unpaired) electrons. The molecule has 0 bridgehead atoms. The average molecular weight is 228 g/mol. The summed E-state index contributed by atoms with van der Waals surface area (Å²) in [4.78, 5) is 11.8.